The van der Waals surface area contributed by atoms with Gasteiger partial charge in [-0.3, -0.25) is 0 Å². The molecule has 2 N–H and O–H groups in total. The predicted octanol–water partition coefficient (Wildman–Crippen LogP) is 1.97. The molecule has 4 nitrogen and oxygen atoms in total. The van der Waals surface area contributed by atoms with Crippen LogP contribution in [0.1, 0.15) is 35.7 Å². The van der Waals surface area contributed by atoms with Crippen LogP contribution >= 0.6 is 0 Å². The van der Waals surface area contributed by atoms with Crippen molar-refractivity contribution in [3.63, 3.8) is 0 Å². The molecule has 1 saturated carbocycles. The molecule has 0 saturated heterocycles. The first-order chi connectivity index (χ1) is 8.65. The highest BCUT2D eigenvalue weighted by molar-refractivity contribution is 5.91. The van der Waals surface area contributed by atoms with E-state index in [-0.39, 0.29) is 6.10 Å². The Kier molecular flexibility index (Phi) is 3.42. The third kappa shape index (κ3) is 2.57. The minimum Gasteiger partial charge on any atom is -0.488 e. The summed E-state index contributed by atoms with van der Waals surface area (Å²) in [6.07, 6.45) is 2.26. The highest BCUT2D eigenvalue weighted by atomic mass is 16.5. The van der Waals surface area contributed by atoms with Gasteiger partial charge in [-0.15, -0.1) is 5.92 Å². The van der Waals surface area contributed by atoms with Crippen LogP contribution in [0.25, 0.3) is 0 Å². The van der Waals surface area contributed by atoms with E-state index in [9.17, 15) is 4.79 Å². The molecule has 94 valence electrons. The van der Waals surface area contributed by atoms with Crippen molar-refractivity contribution >= 4 is 11.7 Å². The average molecular weight is 245 g/mol. The molecule has 1 aromatic carbocycles. The second kappa shape index (κ2) is 5.01. The molecule has 4 heteroatoms. The van der Waals surface area contributed by atoms with Crippen molar-refractivity contribution < 1.29 is 14.3 Å². The van der Waals surface area contributed by atoms with E-state index in [1.807, 2.05) is 0 Å². The van der Waals surface area contributed by atoms with E-state index in [0.717, 1.165) is 12.8 Å². The van der Waals surface area contributed by atoms with Crippen LogP contribution in [0.2, 0.25) is 0 Å². The van der Waals surface area contributed by atoms with Crippen LogP contribution < -0.4 is 10.5 Å². The van der Waals surface area contributed by atoms with E-state index >= 15 is 0 Å². The molecular weight excluding hydrogens is 230 g/mol. The topological polar surface area (TPSA) is 61.5 Å². The summed E-state index contributed by atoms with van der Waals surface area (Å²) in [4.78, 5) is 11.6. The Labute approximate surface area is 106 Å². The van der Waals surface area contributed by atoms with Crippen LogP contribution in [-0.4, -0.2) is 19.2 Å². The summed E-state index contributed by atoms with van der Waals surface area (Å²) in [7, 11) is 1.34. The SMILES string of the molecule is CC#Cc1cc(C(=O)OC)cc(OC2CC2)c1N. The summed E-state index contributed by atoms with van der Waals surface area (Å²) in [6, 6.07) is 3.23. The number of ether oxygens (including phenoxy) is 2. The van der Waals surface area contributed by atoms with Gasteiger partial charge < -0.3 is 15.2 Å². The number of hydrogen-bond acceptors (Lipinski definition) is 4. The Morgan fingerprint density at radius 2 is 2.17 bits per heavy atom. The van der Waals surface area contributed by atoms with Crippen molar-refractivity contribution in [2.75, 3.05) is 12.8 Å². The van der Waals surface area contributed by atoms with Gasteiger partial charge in [0.15, 0.2) is 0 Å². The van der Waals surface area contributed by atoms with Crippen molar-refractivity contribution in [2.24, 2.45) is 0 Å². The van der Waals surface area contributed by atoms with Gasteiger partial charge in [0.2, 0.25) is 0 Å². The van der Waals surface area contributed by atoms with Crippen LogP contribution in [0, 0.1) is 11.8 Å². The van der Waals surface area contributed by atoms with Crippen molar-refractivity contribution in [2.45, 2.75) is 25.9 Å². The number of hydrogen-bond donors (Lipinski definition) is 1. The van der Waals surface area contributed by atoms with Gasteiger partial charge >= 0.3 is 5.97 Å². The van der Waals surface area contributed by atoms with Crippen molar-refractivity contribution in [1.82, 2.24) is 0 Å². The number of nitrogens with two attached hydrogens (primary N) is 1. The number of methoxy groups -OCH3 is 1. The molecule has 0 heterocycles. The van der Waals surface area contributed by atoms with Crippen LogP contribution in [-0.2, 0) is 4.74 Å². The molecule has 0 amide bonds. The van der Waals surface area contributed by atoms with Crippen molar-refractivity contribution in [3.05, 3.63) is 23.3 Å². The zero-order valence-corrected chi connectivity index (χ0v) is 10.4. The lowest BCUT2D eigenvalue weighted by Gasteiger charge is -2.11. The molecule has 1 fully saturated rings. The summed E-state index contributed by atoms with van der Waals surface area (Å²) in [5, 5.41) is 0. The number of anilines is 1. The third-order valence-electron chi connectivity index (χ3n) is 2.64. The van der Waals surface area contributed by atoms with Gasteiger partial charge in [-0.25, -0.2) is 4.79 Å². The maximum Gasteiger partial charge on any atom is 0.338 e. The molecule has 0 aromatic heterocycles. The van der Waals surface area contributed by atoms with Gasteiger partial charge in [-0.2, -0.15) is 0 Å². The quantitative estimate of drug-likeness (QED) is 0.502. The molecule has 0 radical (unpaired) electrons. The van der Waals surface area contributed by atoms with Gasteiger partial charge in [-0.1, -0.05) is 5.92 Å². The maximum absolute atomic E-state index is 11.6. The van der Waals surface area contributed by atoms with Crippen LogP contribution in [0.3, 0.4) is 0 Å². The van der Waals surface area contributed by atoms with Crippen LogP contribution in [0.15, 0.2) is 12.1 Å². The van der Waals surface area contributed by atoms with E-state index in [2.05, 4.69) is 11.8 Å². The van der Waals surface area contributed by atoms with Gasteiger partial charge in [0, 0.05) is 0 Å². The fourth-order valence-electron chi connectivity index (χ4n) is 1.56. The minimum absolute atomic E-state index is 0.211. The molecule has 18 heavy (non-hydrogen) atoms. The summed E-state index contributed by atoms with van der Waals surface area (Å²) < 4.78 is 10.4. The molecule has 1 aromatic rings. The van der Waals surface area contributed by atoms with E-state index in [4.69, 9.17) is 15.2 Å². The molecule has 0 unspecified atom stereocenters. The first-order valence-electron chi connectivity index (χ1n) is 5.77. The van der Waals surface area contributed by atoms with Crippen molar-refractivity contribution in [3.8, 4) is 17.6 Å². The Bertz CT molecular complexity index is 536. The molecule has 0 spiro atoms. The fraction of sp³-hybridized carbons (Fsp3) is 0.357. The lowest BCUT2D eigenvalue weighted by Crippen LogP contribution is -2.07. The predicted molar refractivity (Wildman–Crippen MR) is 68.4 cm³/mol. The fourth-order valence-corrected chi connectivity index (χ4v) is 1.56. The zero-order valence-electron chi connectivity index (χ0n) is 10.4. The summed E-state index contributed by atoms with van der Waals surface area (Å²) in [6.45, 7) is 1.71. The van der Waals surface area contributed by atoms with Gasteiger partial charge in [-0.05, 0) is 31.9 Å². The molecule has 0 bridgehead atoms. The number of carbonyl (C=O) groups excluding carboxylic acids is 1. The first kappa shape index (κ1) is 12.3. The highest BCUT2D eigenvalue weighted by Crippen LogP contribution is 2.33. The number of rotatable bonds is 3. The minimum atomic E-state index is -0.421. The Morgan fingerprint density at radius 3 is 2.72 bits per heavy atom. The summed E-state index contributed by atoms with van der Waals surface area (Å²) in [5.41, 5.74) is 7.45. The van der Waals surface area contributed by atoms with E-state index in [0.29, 0.717) is 22.6 Å². The molecule has 0 atom stereocenters. The average Bonchev–Trinajstić information content (AvgIpc) is 3.17. The summed E-state index contributed by atoms with van der Waals surface area (Å²) >= 11 is 0. The van der Waals surface area contributed by atoms with Crippen molar-refractivity contribution in [1.29, 1.82) is 0 Å². The molecule has 1 aliphatic rings. The number of benzene rings is 1. The largest absolute Gasteiger partial charge is 0.488 e. The Balaban J connectivity index is 2.44. The highest BCUT2D eigenvalue weighted by Gasteiger charge is 2.25. The third-order valence-corrected chi connectivity index (χ3v) is 2.64. The number of nitrogen functional groups attached to an aromatic ring is 1. The van der Waals surface area contributed by atoms with Crippen LogP contribution in [0.4, 0.5) is 5.69 Å². The van der Waals surface area contributed by atoms with Gasteiger partial charge in [0.05, 0.1) is 30.0 Å². The number of esters is 1. The maximum atomic E-state index is 11.6. The number of carbonyl (C=O) groups is 1. The van der Waals surface area contributed by atoms with Crippen LogP contribution in [0.5, 0.6) is 5.75 Å². The second-order valence-corrected chi connectivity index (χ2v) is 4.12. The van der Waals surface area contributed by atoms with E-state index in [1.54, 1.807) is 19.1 Å². The van der Waals surface area contributed by atoms with E-state index in [1.165, 1.54) is 7.11 Å². The monoisotopic (exact) mass is 245 g/mol. The van der Waals surface area contributed by atoms with E-state index < -0.39 is 5.97 Å². The first-order valence-corrected chi connectivity index (χ1v) is 5.77. The summed E-state index contributed by atoms with van der Waals surface area (Å²) in [5.74, 6) is 5.72. The molecular formula is C14H15NO3. The molecule has 2 rings (SSSR count). The Hall–Kier alpha value is -2.15. The zero-order chi connectivity index (χ0) is 13.1. The second-order valence-electron chi connectivity index (χ2n) is 4.12. The standard InChI is InChI=1S/C14H15NO3/c1-3-4-9-7-10(14(16)17-2)8-12(13(9)15)18-11-5-6-11/h7-8,11H,5-6,15H2,1-2H3. The lowest BCUT2D eigenvalue weighted by atomic mass is 10.1. The normalized spacial score (nSPS) is 13.4. The Morgan fingerprint density at radius 1 is 1.44 bits per heavy atom. The van der Waals surface area contributed by atoms with Gasteiger partial charge in [0.1, 0.15) is 5.75 Å². The lowest BCUT2D eigenvalue weighted by molar-refractivity contribution is 0.0600. The smallest absolute Gasteiger partial charge is 0.338 e. The molecule has 0 aliphatic heterocycles. The molecule has 1 aliphatic carbocycles. The van der Waals surface area contributed by atoms with Gasteiger partial charge in [0.25, 0.3) is 0 Å².